The van der Waals surface area contributed by atoms with E-state index in [1.54, 1.807) is 0 Å². The van der Waals surface area contributed by atoms with Gasteiger partial charge in [-0.25, -0.2) is 10.0 Å². The quantitative estimate of drug-likeness (QED) is 0.341. The second kappa shape index (κ2) is 5.35. The summed E-state index contributed by atoms with van der Waals surface area (Å²) in [6.45, 7) is 4.50. The highest BCUT2D eigenvalue weighted by molar-refractivity contribution is 5.97. The minimum Gasteiger partial charge on any atom is -0.595 e. The van der Waals surface area contributed by atoms with Gasteiger partial charge in [-0.3, -0.25) is 4.79 Å². The van der Waals surface area contributed by atoms with Gasteiger partial charge in [-0.05, 0) is 12.1 Å². The molecule has 0 aliphatic carbocycles. The van der Waals surface area contributed by atoms with E-state index in [0.29, 0.717) is 0 Å². The lowest BCUT2D eigenvalue weighted by atomic mass is 10.2. The van der Waals surface area contributed by atoms with Gasteiger partial charge >= 0.3 is 5.97 Å². The van der Waals surface area contributed by atoms with Crippen LogP contribution in [-0.4, -0.2) is 17.0 Å². The monoisotopic (exact) mass is 237 g/mol. The molecule has 0 spiro atoms. The standard InChI is InChI=1S/C11H11NO5/c1-7(13)8(2)17-11(14)9-3-5-10(6-4-9)12(15)16/h3-6,12,15H,2H2,1H3. The van der Waals surface area contributed by atoms with E-state index in [0.717, 1.165) is 0 Å². The third kappa shape index (κ3) is 3.49. The lowest BCUT2D eigenvalue weighted by molar-refractivity contribution is -0.991. The molecule has 0 aliphatic rings. The molecule has 0 aromatic heterocycles. The van der Waals surface area contributed by atoms with Crippen LogP contribution in [0.1, 0.15) is 17.3 Å². The Labute approximate surface area is 97.3 Å². The van der Waals surface area contributed by atoms with Crippen LogP contribution in [0.5, 0.6) is 0 Å². The van der Waals surface area contributed by atoms with E-state index in [1.165, 1.54) is 31.2 Å². The fourth-order valence-corrected chi connectivity index (χ4v) is 0.992. The number of quaternary nitrogens is 1. The fraction of sp³-hybridized carbons (Fsp3) is 0.0909. The predicted octanol–water partition coefficient (Wildman–Crippen LogP) is 0.349. The van der Waals surface area contributed by atoms with Gasteiger partial charge in [0.2, 0.25) is 0 Å². The van der Waals surface area contributed by atoms with Crippen molar-refractivity contribution in [3.8, 4) is 0 Å². The molecule has 0 heterocycles. The van der Waals surface area contributed by atoms with Crippen LogP contribution in [0.3, 0.4) is 0 Å². The maximum Gasteiger partial charge on any atom is 0.343 e. The second-order valence-electron chi connectivity index (χ2n) is 3.25. The van der Waals surface area contributed by atoms with Crippen molar-refractivity contribution >= 4 is 17.4 Å². The van der Waals surface area contributed by atoms with Crippen molar-refractivity contribution in [3.05, 3.63) is 47.4 Å². The minimum atomic E-state index is -1.09. The zero-order valence-electron chi connectivity index (χ0n) is 9.10. The van der Waals surface area contributed by atoms with Crippen LogP contribution in [0.4, 0.5) is 5.69 Å². The average Bonchev–Trinajstić information content (AvgIpc) is 2.28. The molecular weight excluding hydrogens is 226 g/mol. The average molecular weight is 237 g/mol. The highest BCUT2D eigenvalue weighted by atomic mass is 16.8. The van der Waals surface area contributed by atoms with Crippen molar-refractivity contribution in [1.29, 1.82) is 0 Å². The van der Waals surface area contributed by atoms with Crippen LogP contribution in [0, 0.1) is 5.21 Å². The Hall–Kier alpha value is -2.02. The van der Waals surface area contributed by atoms with Crippen LogP contribution < -0.4 is 5.23 Å². The highest BCUT2D eigenvalue weighted by Gasteiger charge is 2.12. The van der Waals surface area contributed by atoms with Gasteiger partial charge in [0.15, 0.2) is 17.2 Å². The molecule has 17 heavy (non-hydrogen) atoms. The second-order valence-corrected chi connectivity index (χ2v) is 3.25. The summed E-state index contributed by atoms with van der Waals surface area (Å²) in [5.41, 5.74) is 0.212. The number of carbonyl (C=O) groups excluding carboxylic acids is 2. The van der Waals surface area contributed by atoms with E-state index in [-0.39, 0.29) is 17.0 Å². The summed E-state index contributed by atoms with van der Waals surface area (Å²) < 4.78 is 4.67. The first-order chi connectivity index (χ1) is 7.91. The summed E-state index contributed by atoms with van der Waals surface area (Å²) in [6, 6.07) is 5.16. The van der Waals surface area contributed by atoms with Crippen molar-refractivity contribution < 1.29 is 24.8 Å². The normalized spacial score (nSPS) is 11.7. The van der Waals surface area contributed by atoms with E-state index >= 15 is 0 Å². The van der Waals surface area contributed by atoms with Gasteiger partial charge in [0.25, 0.3) is 0 Å². The zero-order valence-corrected chi connectivity index (χ0v) is 9.10. The molecule has 0 saturated heterocycles. The van der Waals surface area contributed by atoms with Gasteiger partial charge in [0, 0.05) is 19.1 Å². The maximum atomic E-state index is 11.5. The van der Waals surface area contributed by atoms with Crippen molar-refractivity contribution in [3.63, 3.8) is 0 Å². The van der Waals surface area contributed by atoms with Crippen molar-refractivity contribution in [2.24, 2.45) is 0 Å². The number of carbonyl (C=O) groups is 2. The van der Waals surface area contributed by atoms with Gasteiger partial charge in [0.05, 0.1) is 5.56 Å². The number of allylic oxidation sites excluding steroid dienone is 1. The number of hydrogen-bond acceptors (Lipinski definition) is 5. The van der Waals surface area contributed by atoms with Crippen LogP contribution >= 0.6 is 0 Å². The molecule has 1 aromatic carbocycles. The molecule has 0 aliphatic heterocycles. The minimum absolute atomic E-state index is 0.0620. The molecule has 1 unspecified atom stereocenters. The smallest absolute Gasteiger partial charge is 0.343 e. The molecule has 0 saturated carbocycles. The SMILES string of the molecule is C=C(OC(=O)c1ccc([NH+]([O-])O)cc1)C(C)=O. The Balaban J connectivity index is 2.77. The number of nitrogens with one attached hydrogen (secondary N) is 1. The van der Waals surface area contributed by atoms with Gasteiger partial charge in [-0.2, -0.15) is 5.23 Å². The summed E-state index contributed by atoms with van der Waals surface area (Å²) in [5, 5.41) is 18.1. The highest BCUT2D eigenvalue weighted by Crippen LogP contribution is 2.09. The van der Waals surface area contributed by atoms with E-state index < -0.39 is 17.0 Å². The summed E-state index contributed by atoms with van der Waals surface area (Å²) in [7, 11) is 0. The molecule has 90 valence electrons. The molecule has 6 nitrogen and oxygen atoms in total. The van der Waals surface area contributed by atoms with Crippen molar-refractivity contribution in [1.82, 2.24) is 0 Å². The van der Waals surface area contributed by atoms with E-state index in [2.05, 4.69) is 11.3 Å². The molecule has 6 heteroatoms. The molecule has 1 aromatic rings. The van der Waals surface area contributed by atoms with E-state index in [4.69, 9.17) is 5.21 Å². The number of ketones is 1. The third-order valence-corrected chi connectivity index (χ3v) is 1.98. The molecule has 2 N–H and O–H groups in total. The van der Waals surface area contributed by atoms with Gasteiger partial charge in [-0.15, -0.1) is 0 Å². The van der Waals surface area contributed by atoms with Crippen molar-refractivity contribution in [2.75, 3.05) is 0 Å². The Bertz CT molecular complexity index is 449. The summed E-state index contributed by atoms with van der Waals surface area (Å²) >= 11 is 0. The number of rotatable bonds is 4. The number of esters is 1. The number of hydrogen-bond donors (Lipinski definition) is 2. The topological polar surface area (TPSA) is 91.1 Å². The van der Waals surface area contributed by atoms with E-state index in [1.807, 2.05) is 0 Å². The molecule has 0 radical (unpaired) electrons. The molecule has 0 amide bonds. The first-order valence-electron chi connectivity index (χ1n) is 4.67. The molecule has 0 bridgehead atoms. The molecule has 1 rings (SSSR count). The maximum absolute atomic E-state index is 11.5. The number of Topliss-reactive ketones (excluding diaryl/α,β-unsaturated/α-hetero) is 1. The third-order valence-electron chi connectivity index (χ3n) is 1.98. The van der Waals surface area contributed by atoms with Crippen LogP contribution in [0.2, 0.25) is 0 Å². The van der Waals surface area contributed by atoms with E-state index in [9.17, 15) is 14.8 Å². The molecule has 1 atom stereocenters. The summed E-state index contributed by atoms with van der Waals surface area (Å²) in [5.74, 6) is -1.44. The number of ether oxygens (including phenoxy) is 1. The summed E-state index contributed by atoms with van der Waals surface area (Å²) in [4.78, 5) is 22.3. The van der Waals surface area contributed by atoms with Gasteiger partial charge in [-0.1, -0.05) is 6.58 Å². The Morgan fingerprint density at radius 1 is 1.35 bits per heavy atom. The van der Waals surface area contributed by atoms with Gasteiger partial charge in [0.1, 0.15) is 0 Å². The first-order valence-corrected chi connectivity index (χ1v) is 4.67. The Kier molecular flexibility index (Phi) is 4.11. The fourth-order valence-electron chi connectivity index (χ4n) is 0.992. The molecule has 0 fully saturated rings. The van der Waals surface area contributed by atoms with Gasteiger partial charge < -0.3 is 9.94 Å². The first kappa shape index (κ1) is 13.0. The summed E-state index contributed by atoms with van der Waals surface area (Å²) in [6.07, 6.45) is 0. The van der Waals surface area contributed by atoms with Crippen molar-refractivity contribution in [2.45, 2.75) is 6.92 Å². The lowest BCUT2D eigenvalue weighted by Gasteiger charge is -2.11. The Morgan fingerprint density at radius 2 is 1.88 bits per heavy atom. The Morgan fingerprint density at radius 3 is 2.29 bits per heavy atom. The lowest BCUT2D eigenvalue weighted by Crippen LogP contribution is -2.99. The molecular formula is C11H11NO5. The largest absolute Gasteiger partial charge is 0.595 e. The zero-order chi connectivity index (χ0) is 13.0. The van der Waals surface area contributed by atoms with Crippen LogP contribution in [0.25, 0.3) is 0 Å². The number of benzene rings is 1. The van der Waals surface area contributed by atoms with Crippen LogP contribution in [-0.2, 0) is 9.53 Å². The van der Waals surface area contributed by atoms with Crippen LogP contribution in [0.15, 0.2) is 36.6 Å². The predicted molar refractivity (Wildman–Crippen MR) is 57.5 cm³/mol.